The Balaban J connectivity index is 2.08. The van der Waals surface area contributed by atoms with Crippen LogP contribution in [0, 0.1) is 0 Å². The van der Waals surface area contributed by atoms with Crippen molar-refractivity contribution < 1.29 is 4.42 Å². The molecular formula is C19H19NO. The molecule has 1 unspecified atom stereocenters. The summed E-state index contributed by atoms with van der Waals surface area (Å²) in [5, 5.41) is 3.41. The van der Waals surface area contributed by atoms with E-state index < -0.39 is 0 Å². The summed E-state index contributed by atoms with van der Waals surface area (Å²) in [5.41, 5.74) is 2.55. The number of likely N-dealkylation sites (N-methyl/N-ethyl adjacent to an activating group) is 1. The van der Waals surface area contributed by atoms with Crippen LogP contribution in [0.25, 0.3) is 0 Å². The molecule has 0 saturated carbocycles. The predicted molar refractivity (Wildman–Crippen MR) is 85.2 cm³/mol. The molecule has 0 bridgehead atoms. The molecule has 0 fully saturated rings. The maximum Gasteiger partial charge on any atom is 0.121 e. The summed E-state index contributed by atoms with van der Waals surface area (Å²) in [6, 6.07) is 25.2. The molecule has 2 nitrogen and oxygen atoms in total. The first kappa shape index (κ1) is 13.7. The molecule has 1 aromatic heterocycles. The van der Waals surface area contributed by atoms with E-state index in [1.807, 2.05) is 31.3 Å². The smallest absolute Gasteiger partial charge is 0.121 e. The van der Waals surface area contributed by atoms with Gasteiger partial charge in [-0.15, -0.1) is 0 Å². The molecule has 2 aromatic carbocycles. The number of hydrogen-bond acceptors (Lipinski definition) is 2. The van der Waals surface area contributed by atoms with Crippen LogP contribution in [0.4, 0.5) is 0 Å². The second-order valence-corrected chi connectivity index (χ2v) is 5.08. The van der Waals surface area contributed by atoms with Crippen molar-refractivity contribution in [2.45, 2.75) is 12.0 Å². The minimum Gasteiger partial charge on any atom is -0.468 e. The van der Waals surface area contributed by atoms with Crippen LogP contribution in [0.3, 0.4) is 0 Å². The molecule has 0 saturated heterocycles. The van der Waals surface area contributed by atoms with E-state index in [2.05, 4.69) is 53.8 Å². The zero-order chi connectivity index (χ0) is 14.5. The van der Waals surface area contributed by atoms with Crippen molar-refractivity contribution in [3.05, 3.63) is 95.9 Å². The molecule has 1 N–H and O–H groups in total. The molecule has 3 rings (SSSR count). The molecule has 21 heavy (non-hydrogen) atoms. The fourth-order valence-electron chi connectivity index (χ4n) is 2.84. The normalized spacial score (nSPS) is 12.5. The highest BCUT2D eigenvalue weighted by molar-refractivity contribution is 5.36. The molecule has 3 aromatic rings. The minimum absolute atomic E-state index is 0.102. The van der Waals surface area contributed by atoms with Crippen molar-refractivity contribution in [2.75, 3.05) is 7.05 Å². The van der Waals surface area contributed by atoms with Crippen LogP contribution in [0.5, 0.6) is 0 Å². The van der Waals surface area contributed by atoms with E-state index in [1.165, 1.54) is 11.1 Å². The van der Waals surface area contributed by atoms with Gasteiger partial charge in [-0.25, -0.2) is 0 Å². The van der Waals surface area contributed by atoms with Gasteiger partial charge in [-0.1, -0.05) is 60.7 Å². The van der Waals surface area contributed by atoms with Crippen LogP contribution in [-0.2, 0) is 0 Å². The van der Waals surface area contributed by atoms with Gasteiger partial charge in [0.1, 0.15) is 5.76 Å². The number of nitrogens with one attached hydrogen (secondary N) is 1. The van der Waals surface area contributed by atoms with Crippen molar-refractivity contribution in [1.82, 2.24) is 5.32 Å². The van der Waals surface area contributed by atoms with Crippen LogP contribution in [-0.4, -0.2) is 7.05 Å². The molecule has 0 spiro atoms. The molecule has 0 aliphatic rings. The summed E-state index contributed by atoms with van der Waals surface area (Å²) in [6.45, 7) is 0. The lowest BCUT2D eigenvalue weighted by molar-refractivity contribution is 0.405. The highest BCUT2D eigenvalue weighted by atomic mass is 16.3. The summed E-state index contributed by atoms with van der Waals surface area (Å²) in [7, 11) is 1.98. The first-order valence-electron chi connectivity index (χ1n) is 7.20. The molecule has 1 atom stereocenters. The molecule has 106 valence electrons. The Bertz CT molecular complexity index is 607. The van der Waals surface area contributed by atoms with Gasteiger partial charge in [-0.3, -0.25) is 0 Å². The molecular weight excluding hydrogens is 258 g/mol. The van der Waals surface area contributed by atoms with E-state index in [1.54, 1.807) is 6.26 Å². The molecule has 0 aliphatic heterocycles. The Morgan fingerprint density at radius 2 is 1.33 bits per heavy atom. The summed E-state index contributed by atoms with van der Waals surface area (Å²) >= 11 is 0. The Hall–Kier alpha value is -2.32. The Morgan fingerprint density at radius 1 is 0.762 bits per heavy atom. The minimum atomic E-state index is 0.102. The third kappa shape index (κ3) is 2.91. The summed E-state index contributed by atoms with van der Waals surface area (Å²) in [4.78, 5) is 0. The molecule has 2 heteroatoms. The second-order valence-electron chi connectivity index (χ2n) is 5.08. The number of hydrogen-bond donors (Lipinski definition) is 1. The van der Waals surface area contributed by atoms with Gasteiger partial charge in [0.2, 0.25) is 0 Å². The molecule has 0 radical (unpaired) electrons. The number of furan rings is 1. The van der Waals surface area contributed by atoms with Gasteiger partial charge >= 0.3 is 0 Å². The SMILES string of the molecule is CNC(c1ccco1)C(c1ccccc1)c1ccccc1. The Morgan fingerprint density at radius 3 is 1.76 bits per heavy atom. The first-order chi connectivity index (χ1) is 10.4. The van der Waals surface area contributed by atoms with E-state index in [0.717, 1.165) is 5.76 Å². The number of rotatable bonds is 5. The molecule has 0 amide bonds. The fraction of sp³-hybridized carbons (Fsp3) is 0.158. The standard InChI is InChI=1S/C19H19NO/c1-20-19(17-13-8-14-21-17)18(15-9-4-2-5-10-15)16-11-6-3-7-12-16/h2-14,18-20H,1H3. The zero-order valence-electron chi connectivity index (χ0n) is 12.1. The Kier molecular flexibility index (Phi) is 4.17. The molecule has 0 aliphatic carbocycles. The van der Waals surface area contributed by atoms with E-state index in [-0.39, 0.29) is 12.0 Å². The van der Waals surface area contributed by atoms with Gasteiger partial charge < -0.3 is 9.73 Å². The maximum atomic E-state index is 5.65. The summed E-state index contributed by atoms with van der Waals surface area (Å²) < 4.78 is 5.65. The van der Waals surface area contributed by atoms with Gasteiger partial charge in [0.15, 0.2) is 0 Å². The largest absolute Gasteiger partial charge is 0.468 e. The van der Waals surface area contributed by atoms with E-state index >= 15 is 0 Å². The van der Waals surface area contributed by atoms with E-state index in [9.17, 15) is 0 Å². The summed E-state index contributed by atoms with van der Waals surface area (Å²) in [6.07, 6.45) is 1.73. The van der Waals surface area contributed by atoms with Crippen LogP contribution < -0.4 is 5.32 Å². The Labute approximate surface area is 125 Å². The lowest BCUT2D eigenvalue weighted by atomic mass is 9.84. The lowest BCUT2D eigenvalue weighted by Crippen LogP contribution is -2.24. The fourth-order valence-corrected chi connectivity index (χ4v) is 2.84. The monoisotopic (exact) mass is 277 g/mol. The molecule has 1 heterocycles. The first-order valence-corrected chi connectivity index (χ1v) is 7.20. The van der Waals surface area contributed by atoms with Crippen LogP contribution >= 0.6 is 0 Å². The van der Waals surface area contributed by atoms with Gasteiger partial charge in [-0.05, 0) is 30.3 Å². The van der Waals surface area contributed by atoms with Crippen LogP contribution in [0.1, 0.15) is 28.8 Å². The van der Waals surface area contributed by atoms with Gasteiger partial charge in [0.05, 0.1) is 12.3 Å². The van der Waals surface area contributed by atoms with Gasteiger partial charge in [-0.2, -0.15) is 0 Å². The second kappa shape index (κ2) is 6.42. The maximum absolute atomic E-state index is 5.65. The zero-order valence-corrected chi connectivity index (χ0v) is 12.1. The van der Waals surface area contributed by atoms with Crippen molar-refractivity contribution >= 4 is 0 Å². The van der Waals surface area contributed by atoms with Crippen molar-refractivity contribution in [2.24, 2.45) is 0 Å². The van der Waals surface area contributed by atoms with Crippen LogP contribution in [0.15, 0.2) is 83.5 Å². The predicted octanol–water partition coefficient (Wildman–Crippen LogP) is 4.37. The van der Waals surface area contributed by atoms with Crippen LogP contribution in [0.2, 0.25) is 0 Å². The van der Waals surface area contributed by atoms with E-state index in [0.29, 0.717) is 0 Å². The highest BCUT2D eigenvalue weighted by Crippen LogP contribution is 2.36. The quantitative estimate of drug-likeness (QED) is 0.749. The van der Waals surface area contributed by atoms with Gasteiger partial charge in [0, 0.05) is 5.92 Å². The summed E-state index contributed by atoms with van der Waals surface area (Å²) in [5.74, 6) is 1.17. The lowest BCUT2D eigenvalue weighted by Gasteiger charge is -2.26. The average Bonchev–Trinajstić information content (AvgIpc) is 3.08. The average molecular weight is 277 g/mol. The third-order valence-electron chi connectivity index (χ3n) is 3.81. The highest BCUT2D eigenvalue weighted by Gasteiger charge is 2.26. The van der Waals surface area contributed by atoms with Crippen molar-refractivity contribution in [3.8, 4) is 0 Å². The topological polar surface area (TPSA) is 25.2 Å². The third-order valence-corrected chi connectivity index (χ3v) is 3.81. The van der Waals surface area contributed by atoms with Crippen molar-refractivity contribution in [1.29, 1.82) is 0 Å². The van der Waals surface area contributed by atoms with Gasteiger partial charge in [0.25, 0.3) is 0 Å². The van der Waals surface area contributed by atoms with Crippen molar-refractivity contribution in [3.63, 3.8) is 0 Å². The number of benzene rings is 2. The van der Waals surface area contributed by atoms with E-state index in [4.69, 9.17) is 4.42 Å².